The fourth-order valence-electron chi connectivity index (χ4n) is 4.21. The van der Waals surface area contributed by atoms with Crippen LogP contribution in [-0.4, -0.2) is 44.9 Å². The molecule has 1 saturated heterocycles. The predicted octanol–water partition coefficient (Wildman–Crippen LogP) is 3.18. The lowest BCUT2D eigenvalue weighted by atomic mass is 10.1. The monoisotopic (exact) mass is 406 g/mol. The predicted molar refractivity (Wildman–Crippen MR) is 107 cm³/mol. The van der Waals surface area contributed by atoms with Gasteiger partial charge in [-0.3, -0.25) is 4.79 Å². The lowest BCUT2D eigenvalue weighted by molar-refractivity contribution is 0.0926. The number of hydrogen-bond donors (Lipinski definition) is 1. The van der Waals surface area contributed by atoms with Gasteiger partial charge in [-0.25, -0.2) is 8.42 Å². The molecule has 0 unspecified atom stereocenters. The minimum Gasteiger partial charge on any atom is -0.495 e. The maximum absolute atomic E-state index is 13.3. The minimum absolute atomic E-state index is 0.0962. The summed E-state index contributed by atoms with van der Waals surface area (Å²) in [7, 11) is -2.23. The van der Waals surface area contributed by atoms with Crippen molar-refractivity contribution in [1.29, 1.82) is 0 Å². The number of nitrogens with one attached hydrogen (secondary N) is 1. The lowest BCUT2D eigenvalue weighted by Gasteiger charge is -2.22. The van der Waals surface area contributed by atoms with Gasteiger partial charge in [-0.1, -0.05) is 12.8 Å². The SMILES string of the molecule is COc1ccc(C(=O)NC(C2CC2)C2CC2)cc1S(=O)(=O)N1CCCCCC1. The first-order valence-corrected chi connectivity index (χ1v) is 11.9. The highest BCUT2D eigenvalue weighted by atomic mass is 32.2. The second kappa shape index (κ2) is 8.03. The number of benzene rings is 1. The summed E-state index contributed by atoms with van der Waals surface area (Å²) in [5.74, 6) is 1.30. The highest BCUT2D eigenvalue weighted by Gasteiger charge is 2.42. The normalized spacial score (nSPS) is 21.4. The van der Waals surface area contributed by atoms with Crippen molar-refractivity contribution in [1.82, 2.24) is 9.62 Å². The molecule has 1 heterocycles. The Hall–Kier alpha value is -1.60. The quantitative estimate of drug-likeness (QED) is 0.755. The van der Waals surface area contributed by atoms with Crippen LogP contribution >= 0.6 is 0 Å². The molecule has 0 bridgehead atoms. The van der Waals surface area contributed by atoms with Crippen LogP contribution in [0, 0.1) is 11.8 Å². The van der Waals surface area contributed by atoms with Crippen LogP contribution in [0.15, 0.2) is 23.1 Å². The molecule has 154 valence electrons. The van der Waals surface area contributed by atoms with E-state index >= 15 is 0 Å². The van der Waals surface area contributed by atoms with E-state index in [1.807, 2.05) is 0 Å². The summed E-state index contributed by atoms with van der Waals surface area (Å²) in [5, 5.41) is 3.17. The Kier molecular flexibility index (Phi) is 5.65. The van der Waals surface area contributed by atoms with Crippen molar-refractivity contribution in [3.63, 3.8) is 0 Å². The number of sulfonamides is 1. The molecular weight excluding hydrogens is 376 g/mol. The molecule has 0 spiro atoms. The van der Waals surface area contributed by atoms with Crippen molar-refractivity contribution in [2.75, 3.05) is 20.2 Å². The van der Waals surface area contributed by atoms with Crippen molar-refractivity contribution in [2.45, 2.75) is 62.3 Å². The largest absolute Gasteiger partial charge is 0.495 e. The highest BCUT2D eigenvalue weighted by molar-refractivity contribution is 7.89. The first-order chi connectivity index (χ1) is 13.5. The molecule has 4 rings (SSSR count). The van der Waals surface area contributed by atoms with Gasteiger partial charge in [0.25, 0.3) is 5.91 Å². The Bertz CT molecular complexity index is 811. The topological polar surface area (TPSA) is 75.7 Å². The number of methoxy groups -OCH3 is 1. The molecule has 28 heavy (non-hydrogen) atoms. The first kappa shape index (κ1) is 19.7. The number of ether oxygens (including phenoxy) is 1. The average molecular weight is 407 g/mol. The van der Waals surface area contributed by atoms with E-state index in [0.717, 1.165) is 25.7 Å². The maximum Gasteiger partial charge on any atom is 0.251 e. The molecule has 1 aromatic rings. The molecule has 2 saturated carbocycles. The second-order valence-corrected chi connectivity index (χ2v) is 10.3. The van der Waals surface area contributed by atoms with Crippen LogP contribution in [-0.2, 0) is 10.0 Å². The van der Waals surface area contributed by atoms with Gasteiger partial charge in [-0.2, -0.15) is 4.31 Å². The fourth-order valence-corrected chi connectivity index (χ4v) is 5.91. The summed E-state index contributed by atoms with van der Waals surface area (Å²) in [5.41, 5.74) is 0.389. The number of amides is 1. The van der Waals surface area contributed by atoms with E-state index in [4.69, 9.17) is 4.74 Å². The van der Waals surface area contributed by atoms with Crippen LogP contribution in [0.25, 0.3) is 0 Å². The van der Waals surface area contributed by atoms with E-state index in [1.54, 1.807) is 12.1 Å². The summed E-state index contributed by atoms with van der Waals surface area (Å²) in [6.07, 6.45) is 8.55. The molecule has 7 heteroatoms. The van der Waals surface area contributed by atoms with Gasteiger partial charge < -0.3 is 10.1 Å². The van der Waals surface area contributed by atoms with E-state index in [2.05, 4.69) is 5.32 Å². The van der Waals surface area contributed by atoms with Gasteiger partial charge >= 0.3 is 0 Å². The molecule has 1 amide bonds. The third kappa shape index (κ3) is 4.20. The summed E-state index contributed by atoms with van der Waals surface area (Å²) in [6, 6.07) is 4.99. The molecule has 0 atom stereocenters. The van der Waals surface area contributed by atoms with E-state index in [-0.39, 0.29) is 16.8 Å². The highest BCUT2D eigenvalue weighted by Crippen LogP contribution is 2.44. The zero-order chi connectivity index (χ0) is 19.7. The van der Waals surface area contributed by atoms with Crippen LogP contribution in [0.1, 0.15) is 61.7 Å². The Labute approximate surface area is 167 Å². The van der Waals surface area contributed by atoms with Gasteiger partial charge in [0.2, 0.25) is 10.0 Å². The van der Waals surface area contributed by atoms with E-state index in [0.29, 0.717) is 36.2 Å². The van der Waals surface area contributed by atoms with Gasteiger partial charge in [0, 0.05) is 24.7 Å². The summed E-state index contributed by atoms with van der Waals surface area (Å²) in [4.78, 5) is 13.0. The maximum atomic E-state index is 13.3. The van der Waals surface area contributed by atoms with E-state index in [1.165, 1.54) is 43.2 Å². The van der Waals surface area contributed by atoms with E-state index in [9.17, 15) is 13.2 Å². The Balaban J connectivity index is 1.59. The molecular formula is C21H30N2O4S. The van der Waals surface area contributed by atoms with Crippen molar-refractivity contribution in [2.24, 2.45) is 11.8 Å². The van der Waals surface area contributed by atoms with Crippen LogP contribution < -0.4 is 10.1 Å². The first-order valence-electron chi connectivity index (χ1n) is 10.5. The molecule has 3 fully saturated rings. The van der Waals surface area contributed by atoms with Crippen molar-refractivity contribution >= 4 is 15.9 Å². The van der Waals surface area contributed by atoms with Crippen LogP contribution in [0.5, 0.6) is 5.75 Å². The summed E-state index contributed by atoms with van der Waals surface area (Å²) < 4.78 is 33.4. The summed E-state index contributed by atoms with van der Waals surface area (Å²) in [6.45, 7) is 1.04. The van der Waals surface area contributed by atoms with Crippen molar-refractivity contribution in [3.8, 4) is 5.75 Å². The summed E-state index contributed by atoms with van der Waals surface area (Å²) >= 11 is 0. The Morgan fingerprint density at radius 2 is 1.68 bits per heavy atom. The zero-order valence-electron chi connectivity index (χ0n) is 16.5. The third-order valence-corrected chi connectivity index (χ3v) is 8.09. The number of carbonyl (C=O) groups is 1. The second-order valence-electron chi connectivity index (χ2n) is 8.36. The van der Waals surface area contributed by atoms with Gasteiger partial charge in [0.15, 0.2) is 0 Å². The van der Waals surface area contributed by atoms with Gasteiger partial charge in [0.05, 0.1) is 7.11 Å². The van der Waals surface area contributed by atoms with Crippen LogP contribution in [0.4, 0.5) is 0 Å². The Morgan fingerprint density at radius 1 is 1.07 bits per heavy atom. The van der Waals surface area contributed by atoms with Crippen molar-refractivity contribution < 1.29 is 17.9 Å². The molecule has 1 aromatic carbocycles. The van der Waals surface area contributed by atoms with Crippen LogP contribution in [0.3, 0.4) is 0 Å². The smallest absolute Gasteiger partial charge is 0.251 e. The molecule has 0 aromatic heterocycles. The molecule has 6 nitrogen and oxygen atoms in total. The molecule has 1 aliphatic heterocycles. The molecule has 0 radical (unpaired) electrons. The standard InChI is InChI=1S/C21H30N2O4S/c1-27-18-11-10-17(21(24)22-20(15-6-7-15)16-8-9-16)14-19(18)28(25,26)23-12-4-2-3-5-13-23/h10-11,14-16,20H,2-9,12-13H2,1H3,(H,22,24). The third-order valence-electron chi connectivity index (χ3n) is 6.17. The molecule has 3 aliphatic rings. The number of hydrogen-bond acceptors (Lipinski definition) is 4. The number of carbonyl (C=O) groups excluding carboxylic acids is 1. The average Bonchev–Trinajstić information content (AvgIpc) is 3.59. The number of rotatable bonds is 7. The minimum atomic E-state index is -3.69. The fraction of sp³-hybridized carbons (Fsp3) is 0.667. The zero-order valence-corrected chi connectivity index (χ0v) is 17.3. The van der Waals surface area contributed by atoms with Gasteiger partial charge in [0.1, 0.15) is 10.6 Å². The molecule has 1 N–H and O–H groups in total. The Morgan fingerprint density at radius 3 is 2.21 bits per heavy atom. The lowest BCUT2D eigenvalue weighted by Crippen LogP contribution is -2.38. The van der Waals surface area contributed by atoms with Crippen molar-refractivity contribution in [3.05, 3.63) is 23.8 Å². The van der Waals surface area contributed by atoms with Crippen LogP contribution in [0.2, 0.25) is 0 Å². The number of nitrogens with zero attached hydrogens (tertiary/aromatic N) is 1. The molecule has 2 aliphatic carbocycles. The van der Waals surface area contributed by atoms with Gasteiger partial charge in [-0.05, 0) is 68.6 Å². The van der Waals surface area contributed by atoms with E-state index < -0.39 is 10.0 Å². The van der Waals surface area contributed by atoms with Gasteiger partial charge in [-0.15, -0.1) is 0 Å².